The van der Waals surface area contributed by atoms with Gasteiger partial charge in [-0.05, 0) is 37.1 Å². The summed E-state index contributed by atoms with van der Waals surface area (Å²) in [7, 11) is 0. The summed E-state index contributed by atoms with van der Waals surface area (Å²) in [6, 6.07) is 7.84. The van der Waals surface area contributed by atoms with Crippen molar-refractivity contribution in [2.75, 3.05) is 41.8 Å². The molecule has 12 heteroatoms. The molecule has 1 fully saturated rings. The van der Waals surface area contributed by atoms with Crippen LogP contribution in [0.4, 0.5) is 17.5 Å². The first-order valence-electron chi connectivity index (χ1n) is 12.0. The monoisotopic (exact) mass is 625 g/mol. The molecule has 0 aromatic carbocycles. The normalized spacial score (nSPS) is 12.6. The summed E-state index contributed by atoms with van der Waals surface area (Å²) < 4.78 is 5.35. The molecule has 5 heterocycles. The van der Waals surface area contributed by atoms with E-state index in [2.05, 4.69) is 57.6 Å². The number of pyridine rings is 2. The number of halogens is 1. The molecule has 1 aliphatic rings. The third-order valence-electron chi connectivity index (χ3n) is 5.39. The molecule has 0 aliphatic carbocycles. The number of rotatable bonds is 7. The molecule has 4 aromatic heterocycles. The molecule has 0 spiro atoms. The van der Waals surface area contributed by atoms with Crippen LogP contribution < -0.4 is 15.5 Å². The summed E-state index contributed by atoms with van der Waals surface area (Å²) in [4.78, 5) is 27.6. The molecule has 38 heavy (non-hydrogen) atoms. The second-order valence-corrected chi connectivity index (χ2v) is 8.80. The molecule has 1 saturated heterocycles. The van der Waals surface area contributed by atoms with Crippen LogP contribution in [0.5, 0.6) is 0 Å². The van der Waals surface area contributed by atoms with Gasteiger partial charge in [0.2, 0.25) is 0 Å². The van der Waals surface area contributed by atoms with Crippen LogP contribution in [0.15, 0.2) is 61.4 Å². The van der Waals surface area contributed by atoms with Crippen LogP contribution in [0.1, 0.15) is 22.5 Å². The summed E-state index contributed by atoms with van der Waals surface area (Å²) in [5, 5.41) is 6.92. The number of ether oxygens (including phenoxy) is 1. The smallest absolute Gasteiger partial charge is 0.145 e. The van der Waals surface area contributed by atoms with E-state index in [0.29, 0.717) is 18.2 Å². The van der Waals surface area contributed by atoms with Gasteiger partial charge in [0.05, 0.1) is 37.0 Å². The van der Waals surface area contributed by atoms with E-state index >= 15 is 0 Å². The summed E-state index contributed by atoms with van der Waals surface area (Å²) in [6.07, 6.45) is 10.5. The molecule has 1 aliphatic heterocycles. The molecule has 0 amide bonds. The maximum absolute atomic E-state index is 5.70. The Kier molecular flexibility index (Phi) is 11.8. The zero-order valence-corrected chi connectivity index (χ0v) is 23.6. The third-order valence-corrected chi connectivity index (χ3v) is 5.61. The Morgan fingerprint density at radius 3 is 1.79 bits per heavy atom. The van der Waals surface area contributed by atoms with Gasteiger partial charge in [-0.3, -0.25) is 9.97 Å². The Bertz CT molecular complexity index is 1260. The molecular weight excluding hydrogens is 596 g/mol. The number of hydrogen-bond acceptors (Lipinski definition) is 10. The zero-order chi connectivity index (χ0) is 25.9. The quantitative estimate of drug-likeness (QED) is 0.230. The van der Waals surface area contributed by atoms with Gasteiger partial charge >= 0.3 is 0 Å². The minimum atomic E-state index is 0. The van der Waals surface area contributed by atoms with E-state index in [1.54, 1.807) is 37.1 Å². The van der Waals surface area contributed by atoms with Crippen molar-refractivity contribution in [2.24, 2.45) is 0 Å². The fourth-order valence-corrected chi connectivity index (χ4v) is 3.61. The second kappa shape index (κ2) is 15.2. The van der Waals surface area contributed by atoms with Crippen molar-refractivity contribution < 1.29 is 25.2 Å². The Hall–Kier alpha value is -3.23. The maximum Gasteiger partial charge on any atom is 0.145 e. The van der Waals surface area contributed by atoms with E-state index in [1.807, 2.05) is 26.1 Å². The van der Waals surface area contributed by atoms with Crippen LogP contribution in [0, 0.1) is 13.8 Å². The second-order valence-electron chi connectivity index (χ2n) is 8.41. The van der Waals surface area contributed by atoms with Crippen LogP contribution in [-0.2, 0) is 38.2 Å². The molecule has 4 aromatic rings. The van der Waals surface area contributed by atoms with Gasteiger partial charge in [-0.2, -0.15) is 0 Å². The first kappa shape index (κ1) is 29.3. The van der Waals surface area contributed by atoms with Crippen molar-refractivity contribution in [1.29, 1.82) is 0 Å². The van der Waals surface area contributed by atoms with E-state index in [4.69, 9.17) is 16.3 Å². The number of aryl methyl sites for hydroxylation is 2. The summed E-state index contributed by atoms with van der Waals surface area (Å²) >= 11 is 5.70. The standard InChI is InChI=1S/C15H19N5O.C11H11ClN4.Pd/c1-12-8-16-11-14(19-12)17-9-13-2-3-15(18-10-13)20-4-6-21-7-5-20;1-8-4-13-7-11(16-8)15-6-9-2-3-10(12)14-5-9;/h2-3,8,10-11H,4-7,9H2,1H3,(H,17,19);2-5,7H,6H2,1H3,(H,15,16);. The Morgan fingerprint density at radius 2 is 1.32 bits per heavy atom. The molecular formula is C26H30ClN9OPd. The molecule has 202 valence electrons. The number of nitrogens with one attached hydrogen (secondary N) is 2. The Balaban J connectivity index is 0.000000213. The van der Waals surface area contributed by atoms with Gasteiger partial charge in [0, 0.05) is 71.4 Å². The Morgan fingerprint density at radius 1 is 0.763 bits per heavy atom. The minimum absolute atomic E-state index is 0. The van der Waals surface area contributed by atoms with Gasteiger partial charge < -0.3 is 20.3 Å². The van der Waals surface area contributed by atoms with Crippen molar-refractivity contribution in [1.82, 2.24) is 29.9 Å². The van der Waals surface area contributed by atoms with Gasteiger partial charge in [-0.25, -0.2) is 19.9 Å². The molecule has 0 radical (unpaired) electrons. The number of nitrogens with zero attached hydrogens (tertiary/aromatic N) is 7. The average molecular weight is 626 g/mol. The van der Waals surface area contributed by atoms with Gasteiger partial charge in [-0.15, -0.1) is 0 Å². The van der Waals surface area contributed by atoms with E-state index in [0.717, 1.165) is 66.3 Å². The molecule has 0 saturated carbocycles. The molecule has 0 bridgehead atoms. The number of hydrogen-bond donors (Lipinski definition) is 2. The molecule has 2 N–H and O–H groups in total. The summed E-state index contributed by atoms with van der Waals surface area (Å²) in [5.41, 5.74) is 3.96. The molecule has 5 rings (SSSR count). The minimum Gasteiger partial charge on any atom is -0.378 e. The predicted octanol–water partition coefficient (Wildman–Crippen LogP) is 4.07. The zero-order valence-electron chi connectivity index (χ0n) is 21.2. The van der Waals surface area contributed by atoms with E-state index in [9.17, 15) is 0 Å². The number of morpholine rings is 1. The molecule has 0 unspecified atom stereocenters. The molecule has 0 atom stereocenters. The van der Waals surface area contributed by atoms with Gasteiger partial charge in [-0.1, -0.05) is 23.7 Å². The van der Waals surface area contributed by atoms with E-state index in [-0.39, 0.29) is 20.4 Å². The van der Waals surface area contributed by atoms with Crippen LogP contribution >= 0.6 is 11.6 Å². The SMILES string of the molecule is Cc1cncc(NCc2ccc(Cl)nc2)n1.Cc1cncc(NCc2ccc(N3CCOCC3)nc2)n1.[Pd]. The van der Waals surface area contributed by atoms with Crippen molar-refractivity contribution in [3.63, 3.8) is 0 Å². The number of anilines is 3. The van der Waals surface area contributed by atoms with Crippen molar-refractivity contribution in [2.45, 2.75) is 26.9 Å². The van der Waals surface area contributed by atoms with Crippen LogP contribution in [0.3, 0.4) is 0 Å². The van der Waals surface area contributed by atoms with E-state index < -0.39 is 0 Å². The predicted molar refractivity (Wildman–Crippen MR) is 145 cm³/mol. The van der Waals surface area contributed by atoms with Gasteiger partial charge in [0.25, 0.3) is 0 Å². The van der Waals surface area contributed by atoms with Crippen molar-refractivity contribution in [3.05, 3.63) is 89.1 Å². The maximum atomic E-state index is 5.70. The van der Waals surface area contributed by atoms with Crippen LogP contribution in [0.2, 0.25) is 5.15 Å². The number of aromatic nitrogens is 6. The van der Waals surface area contributed by atoms with Crippen LogP contribution in [0.25, 0.3) is 0 Å². The van der Waals surface area contributed by atoms with Gasteiger partial charge in [0.15, 0.2) is 0 Å². The van der Waals surface area contributed by atoms with E-state index in [1.165, 1.54) is 0 Å². The third kappa shape index (κ3) is 9.58. The Labute approximate surface area is 241 Å². The fraction of sp³-hybridized carbons (Fsp3) is 0.308. The van der Waals surface area contributed by atoms with Crippen molar-refractivity contribution in [3.8, 4) is 0 Å². The summed E-state index contributed by atoms with van der Waals surface area (Å²) in [5.74, 6) is 2.56. The fourth-order valence-electron chi connectivity index (χ4n) is 3.49. The first-order valence-corrected chi connectivity index (χ1v) is 12.4. The summed E-state index contributed by atoms with van der Waals surface area (Å²) in [6.45, 7) is 8.54. The van der Waals surface area contributed by atoms with Crippen LogP contribution in [-0.4, -0.2) is 56.2 Å². The first-order chi connectivity index (χ1) is 18.0. The van der Waals surface area contributed by atoms with Crippen molar-refractivity contribution >= 4 is 29.1 Å². The topological polar surface area (TPSA) is 114 Å². The molecule has 10 nitrogen and oxygen atoms in total. The van der Waals surface area contributed by atoms with Gasteiger partial charge in [0.1, 0.15) is 22.6 Å². The average Bonchev–Trinajstić information content (AvgIpc) is 2.93. The largest absolute Gasteiger partial charge is 0.378 e.